The van der Waals surface area contributed by atoms with Crippen LogP contribution >= 0.6 is 35.3 Å². The van der Waals surface area contributed by atoms with Crippen molar-refractivity contribution < 1.29 is 9.90 Å². The largest absolute Gasteiger partial charge is 0.478 e. The minimum absolute atomic E-state index is 0.0212. The Morgan fingerprint density at radius 1 is 0.581 bits per heavy atom. The Morgan fingerprint density at radius 2 is 0.860 bits per heavy atom. The van der Waals surface area contributed by atoms with Crippen LogP contribution in [-0.2, 0) is 19.0 Å². The van der Waals surface area contributed by atoms with Gasteiger partial charge in [0.1, 0.15) is 0 Å². The number of carboxylic acid groups (broad SMARTS) is 1. The number of aliphatic carboxylic acids is 1. The summed E-state index contributed by atoms with van der Waals surface area (Å²) >= 11 is 5.93. The van der Waals surface area contributed by atoms with Gasteiger partial charge in [-0.1, -0.05) is 97.1 Å². The second kappa shape index (κ2) is 15.8. The molecule has 0 spiro atoms. The molecule has 5 heteroatoms. The lowest BCUT2D eigenvalue weighted by Crippen LogP contribution is -2.26. The molecule has 0 aliphatic heterocycles. The summed E-state index contributed by atoms with van der Waals surface area (Å²) in [6.45, 7) is 15.5. The van der Waals surface area contributed by atoms with Crippen molar-refractivity contribution in [3.63, 3.8) is 0 Å². The third-order valence-corrected chi connectivity index (χ3v) is 12.6. The Labute approximate surface area is 273 Å². The van der Waals surface area contributed by atoms with E-state index in [2.05, 4.69) is 139 Å². The van der Waals surface area contributed by atoms with Crippen molar-refractivity contribution in [3.05, 3.63) is 119 Å². The first kappa shape index (κ1) is 35.4. The maximum absolute atomic E-state index is 12.1. The maximum atomic E-state index is 12.1. The summed E-state index contributed by atoms with van der Waals surface area (Å²) in [5.41, 5.74) is 4.21. The van der Waals surface area contributed by atoms with Gasteiger partial charge in [0.15, 0.2) is 0 Å². The Hall–Kier alpha value is -2.08. The molecule has 0 aliphatic rings. The van der Waals surface area contributed by atoms with Gasteiger partial charge in [0.25, 0.3) is 0 Å². The van der Waals surface area contributed by atoms with Gasteiger partial charge in [-0.2, -0.15) is 35.3 Å². The highest BCUT2D eigenvalue weighted by molar-refractivity contribution is 8.00. The first-order chi connectivity index (χ1) is 20.3. The highest BCUT2D eigenvalue weighted by Gasteiger charge is 2.33. The summed E-state index contributed by atoms with van der Waals surface area (Å²) in [5, 5.41) is 9.97. The molecule has 3 aromatic rings. The molecule has 0 atom stereocenters. The zero-order chi connectivity index (χ0) is 31.6. The smallest absolute Gasteiger partial charge is 0.330 e. The number of benzene rings is 3. The summed E-state index contributed by atoms with van der Waals surface area (Å²) in [4.78, 5) is 12.1. The zero-order valence-electron chi connectivity index (χ0n) is 27.1. The second-order valence-electron chi connectivity index (χ2n) is 12.9. The molecule has 0 aromatic heterocycles. The molecule has 0 amide bonds. The molecule has 2 nitrogen and oxygen atoms in total. The lowest BCUT2D eigenvalue weighted by atomic mass is 9.78. The lowest BCUT2D eigenvalue weighted by Gasteiger charge is -2.36. The summed E-state index contributed by atoms with van der Waals surface area (Å²) in [6.07, 6.45) is 4.93. The highest BCUT2D eigenvalue weighted by atomic mass is 32.2. The van der Waals surface area contributed by atoms with Crippen molar-refractivity contribution in [2.45, 2.75) is 82.0 Å². The topological polar surface area (TPSA) is 37.3 Å². The van der Waals surface area contributed by atoms with Crippen LogP contribution in [0.4, 0.5) is 0 Å². The highest BCUT2D eigenvalue weighted by Crippen LogP contribution is 2.46. The van der Waals surface area contributed by atoms with Crippen molar-refractivity contribution in [1.29, 1.82) is 0 Å². The first-order valence-electron chi connectivity index (χ1n) is 15.3. The van der Waals surface area contributed by atoms with Gasteiger partial charge in [0.05, 0.1) is 0 Å². The van der Waals surface area contributed by atoms with Gasteiger partial charge in [-0.3, -0.25) is 0 Å². The fourth-order valence-electron chi connectivity index (χ4n) is 5.41. The molecule has 43 heavy (non-hydrogen) atoms. The third kappa shape index (κ3) is 10.8. The zero-order valence-corrected chi connectivity index (χ0v) is 29.5. The van der Waals surface area contributed by atoms with E-state index in [-0.39, 0.29) is 19.7 Å². The fourth-order valence-corrected chi connectivity index (χ4v) is 9.37. The van der Waals surface area contributed by atoms with Crippen molar-refractivity contribution >= 4 is 41.3 Å². The molecule has 0 bridgehead atoms. The van der Waals surface area contributed by atoms with Crippen LogP contribution in [0.15, 0.2) is 103 Å². The van der Waals surface area contributed by atoms with Crippen molar-refractivity contribution in [1.82, 2.24) is 0 Å². The summed E-state index contributed by atoms with van der Waals surface area (Å²) in [5.74, 6) is 2.07. The van der Waals surface area contributed by atoms with E-state index in [1.54, 1.807) is 6.92 Å². The third-order valence-electron chi connectivity index (χ3n) is 8.46. The normalized spacial score (nSPS) is 13.2. The van der Waals surface area contributed by atoms with Crippen LogP contribution in [0.5, 0.6) is 0 Å². The fraction of sp³-hybridized carbons (Fsp3) is 0.447. The molecule has 3 aromatic carbocycles. The Bertz CT molecular complexity index is 1160. The average Bonchev–Trinajstić information content (AvgIpc) is 2.98. The molecule has 0 saturated heterocycles. The molecular weight excluding hydrogens is 585 g/mol. The van der Waals surface area contributed by atoms with Crippen LogP contribution in [0.25, 0.3) is 0 Å². The van der Waals surface area contributed by atoms with E-state index in [1.807, 2.05) is 35.3 Å². The van der Waals surface area contributed by atoms with E-state index in [0.29, 0.717) is 5.57 Å². The Kier molecular flexibility index (Phi) is 13.0. The number of carboxylic acids is 1. The van der Waals surface area contributed by atoms with Crippen LogP contribution in [-0.4, -0.2) is 28.3 Å². The standard InChI is InChI=1S/C38H50O2S3/c1-30(34(39)40)29-38(23-26-41-35(2,3)31-17-11-8-12-18-31,24-27-42-36(4,5)32-19-13-9-14-20-32)25-28-43-37(6,7)33-21-15-10-16-22-33/h8-22,29H,23-28H2,1-7H3,(H,39,40). The van der Waals surface area contributed by atoms with E-state index in [9.17, 15) is 9.90 Å². The number of hydrogen-bond donors (Lipinski definition) is 1. The monoisotopic (exact) mass is 634 g/mol. The minimum Gasteiger partial charge on any atom is -0.478 e. The molecule has 0 aliphatic carbocycles. The van der Waals surface area contributed by atoms with E-state index in [0.717, 1.165) is 36.5 Å². The summed E-state index contributed by atoms with van der Waals surface area (Å²) in [7, 11) is 0. The molecule has 3 rings (SSSR count). The van der Waals surface area contributed by atoms with Crippen LogP contribution in [0, 0.1) is 5.41 Å². The Balaban J connectivity index is 1.84. The maximum Gasteiger partial charge on any atom is 0.330 e. The average molecular weight is 635 g/mol. The molecule has 232 valence electrons. The SMILES string of the molecule is CC(=CC(CCSC(C)(C)c1ccccc1)(CCSC(C)(C)c1ccccc1)CCSC(C)(C)c1ccccc1)C(=O)O. The van der Waals surface area contributed by atoms with Gasteiger partial charge in [0.2, 0.25) is 0 Å². The van der Waals surface area contributed by atoms with Gasteiger partial charge in [-0.15, -0.1) is 0 Å². The van der Waals surface area contributed by atoms with E-state index < -0.39 is 5.97 Å². The Morgan fingerprint density at radius 3 is 1.12 bits per heavy atom. The molecular formula is C38H50O2S3. The second-order valence-corrected chi connectivity index (χ2v) is 18.1. The van der Waals surface area contributed by atoms with E-state index >= 15 is 0 Å². The molecule has 0 heterocycles. The van der Waals surface area contributed by atoms with Gasteiger partial charge in [-0.05, 0) is 107 Å². The first-order valence-corrected chi connectivity index (χ1v) is 18.2. The van der Waals surface area contributed by atoms with E-state index in [1.165, 1.54) is 16.7 Å². The van der Waals surface area contributed by atoms with Crippen molar-refractivity contribution in [2.24, 2.45) is 5.41 Å². The number of allylic oxidation sites excluding steroid dienone is 1. The molecule has 0 radical (unpaired) electrons. The number of carbonyl (C=O) groups is 1. The summed E-state index contributed by atoms with van der Waals surface area (Å²) < 4.78 is -0.0635. The van der Waals surface area contributed by atoms with Gasteiger partial charge in [-0.25, -0.2) is 4.79 Å². The minimum atomic E-state index is -0.823. The van der Waals surface area contributed by atoms with Crippen molar-refractivity contribution in [2.75, 3.05) is 17.3 Å². The molecule has 1 N–H and O–H groups in total. The van der Waals surface area contributed by atoms with Crippen molar-refractivity contribution in [3.8, 4) is 0 Å². The van der Waals surface area contributed by atoms with Crippen LogP contribution in [0.3, 0.4) is 0 Å². The summed E-state index contributed by atoms with van der Waals surface area (Å²) in [6, 6.07) is 32.1. The quantitative estimate of drug-likeness (QED) is 0.150. The molecule has 0 saturated carbocycles. The van der Waals surface area contributed by atoms with Gasteiger partial charge >= 0.3 is 5.97 Å². The molecule has 0 fully saturated rings. The number of rotatable bonds is 17. The van der Waals surface area contributed by atoms with Crippen LogP contribution < -0.4 is 0 Å². The number of thioether (sulfide) groups is 3. The van der Waals surface area contributed by atoms with Gasteiger partial charge in [0, 0.05) is 19.8 Å². The number of hydrogen-bond acceptors (Lipinski definition) is 4. The van der Waals surface area contributed by atoms with E-state index in [4.69, 9.17) is 0 Å². The van der Waals surface area contributed by atoms with Crippen LogP contribution in [0.1, 0.15) is 84.4 Å². The lowest BCUT2D eigenvalue weighted by molar-refractivity contribution is -0.132. The van der Waals surface area contributed by atoms with Gasteiger partial charge < -0.3 is 5.11 Å². The molecule has 0 unspecified atom stereocenters. The predicted molar refractivity (Wildman–Crippen MR) is 193 cm³/mol. The van der Waals surface area contributed by atoms with Crippen LogP contribution in [0.2, 0.25) is 0 Å². The predicted octanol–water partition coefficient (Wildman–Crippen LogP) is 11.2.